The maximum Gasteiger partial charge on any atom is 0.123 e. The molecule has 1 aromatic rings. The molecule has 0 bridgehead atoms. The number of aryl methyl sites for hydroxylation is 2. The molecule has 2 aliphatic rings. The summed E-state index contributed by atoms with van der Waals surface area (Å²) in [6, 6.07) is 2.29. The molecule has 0 spiro atoms. The van der Waals surface area contributed by atoms with Crippen LogP contribution in [0.3, 0.4) is 0 Å². The molecule has 6 heteroatoms. The minimum atomic E-state index is 0. The van der Waals surface area contributed by atoms with Crippen molar-refractivity contribution in [3.05, 3.63) is 93.3 Å². The van der Waals surface area contributed by atoms with Crippen molar-refractivity contribution in [2.24, 2.45) is 0 Å². The summed E-state index contributed by atoms with van der Waals surface area (Å²) in [5.74, 6) is 0. The Balaban J connectivity index is 0. The van der Waals surface area contributed by atoms with E-state index in [-0.39, 0.29) is 74.8 Å². The molecule has 0 heterocycles. The van der Waals surface area contributed by atoms with E-state index in [1.807, 2.05) is 47.8 Å². The Kier molecular flexibility index (Phi) is 15.9. The van der Waals surface area contributed by atoms with Gasteiger partial charge in [-0.25, -0.2) is 0 Å². The van der Waals surface area contributed by atoms with Gasteiger partial charge in [0, 0.05) is 56.7 Å². The fourth-order valence-corrected chi connectivity index (χ4v) is 4.61. The van der Waals surface area contributed by atoms with Crippen LogP contribution in [-0.2, 0) is 40.8 Å². The zero-order valence-electron chi connectivity index (χ0n) is 14.9. The molecule has 0 radical (unpaired) electrons. The van der Waals surface area contributed by atoms with Crippen LogP contribution in [0, 0.1) is 33.3 Å². The van der Waals surface area contributed by atoms with Gasteiger partial charge in [0.25, 0.3) is 0 Å². The summed E-state index contributed by atoms with van der Waals surface area (Å²) in [5, 5.41) is 0. The van der Waals surface area contributed by atoms with Gasteiger partial charge in [-0.05, 0) is 37.5 Å². The average molecular weight is 707 g/mol. The molecule has 27 heavy (non-hydrogen) atoms. The summed E-state index contributed by atoms with van der Waals surface area (Å²) in [5.41, 5.74) is 7.11. The molecule has 0 aromatic heterocycles. The van der Waals surface area contributed by atoms with Gasteiger partial charge in [0.1, 0.15) is 17.1 Å². The van der Waals surface area contributed by atoms with E-state index in [0.29, 0.717) is 0 Å². The van der Waals surface area contributed by atoms with Crippen molar-refractivity contribution in [1.82, 2.24) is 0 Å². The standard InChI is InChI=1S/C21H18S2.2BrH.2Pd/c1-15-14-16(2)21(23-19-12-8-5-9-13-19)17(3)20(15)22-18-10-6-4-7-11-18;;;;/h6-14H,1-3H3;2*1H;;/p-2. The average Bonchev–Trinajstić information content (AvgIpc) is 2.57. The minimum absolute atomic E-state index is 0. The summed E-state index contributed by atoms with van der Waals surface area (Å²) < 4.78 is 0. The molecular weight excluding hydrogens is 689 g/mol. The van der Waals surface area contributed by atoms with E-state index in [9.17, 15) is 0 Å². The number of hydrogen-bond acceptors (Lipinski definition) is 2. The molecule has 2 aliphatic carbocycles. The van der Waals surface area contributed by atoms with Crippen molar-refractivity contribution in [3.63, 3.8) is 0 Å². The molecule has 0 saturated heterocycles. The van der Waals surface area contributed by atoms with Crippen molar-refractivity contribution < 1.29 is 74.8 Å². The molecule has 0 atom stereocenters. The monoisotopic (exact) mass is 704 g/mol. The Morgan fingerprint density at radius 2 is 1.63 bits per heavy atom. The molecule has 0 amide bonds. The first-order valence-corrected chi connectivity index (χ1v) is 9.17. The van der Waals surface area contributed by atoms with Gasteiger partial charge in [0.15, 0.2) is 0 Å². The Morgan fingerprint density at radius 3 is 2.19 bits per heavy atom. The van der Waals surface area contributed by atoms with Gasteiger partial charge in [-0.2, -0.15) is 12.5 Å². The van der Waals surface area contributed by atoms with Crippen LogP contribution in [0.25, 0.3) is 0 Å². The topological polar surface area (TPSA) is 0 Å². The van der Waals surface area contributed by atoms with Crippen LogP contribution in [0.5, 0.6) is 0 Å². The number of rotatable bonds is 4. The first kappa shape index (κ1) is 29.7. The smallest absolute Gasteiger partial charge is 0.123 e. The van der Waals surface area contributed by atoms with Gasteiger partial charge in [0.2, 0.25) is 0 Å². The second-order valence-corrected chi connectivity index (χ2v) is 7.64. The Labute approximate surface area is 220 Å². The van der Waals surface area contributed by atoms with Gasteiger partial charge in [-0.15, -0.1) is 23.9 Å². The number of hydrogen-bond donors (Lipinski definition) is 0. The third kappa shape index (κ3) is 8.01. The van der Waals surface area contributed by atoms with Crippen LogP contribution in [0.4, 0.5) is 0 Å². The zero-order chi connectivity index (χ0) is 16.2. The van der Waals surface area contributed by atoms with Crippen LogP contribution in [0.2, 0.25) is 0 Å². The van der Waals surface area contributed by atoms with E-state index < -0.39 is 0 Å². The fraction of sp³-hybridized carbons (Fsp3) is 0.143. The van der Waals surface area contributed by atoms with Crippen LogP contribution < -0.4 is 34.0 Å². The summed E-state index contributed by atoms with van der Waals surface area (Å²) >= 11 is 3.67. The molecule has 0 N–H and O–H groups in total. The summed E-state index contributed by atoms with van der Waals surface area (Å²) in [4.78, 5) is 5.21. The third-order valence-electron chi connectivity index (χ3n) is 3.65. The van der Waals surface area contributed by atoms with Crippen LogP contribution in [0.15, 0.2) is 73.9 Å². The molecule has 0 unspecified atom stereocenters. The van der Waals surface area contributed by atoms with Crippen LogP contribution >= 0.6 is 23.5 Å². The third-order valence-corrected chi connectivity index (χ3v) is 6.33. The summed E-state index contributed by atoms with van der Waals surface area (Å²) in [6.07, 6.45) is 19.4. The maximum absolute atomic E-state index is 3.08. The largest absolute Gasteiger partial charge is 1.00 e. The first-order chi connectivity index (χ1) is 11.1. The number of halogens is 2. The summed E-state index contributed by atoms with van der Waals surface area (Å²) in [7, 11) is 0. The molecule has 150 valence electrons. The van der Waals surface area contributed by atoms with Crippen LogP contribution in [0.1, 0.15) is 16.7 Å². The van der Waals surface area contributed by atoms with Crippen molar-refractivity contribution >= 4 is 23.5 Å². The SMILES string of the molecule is Cc1cc(C)c(SC2=CC=C=C[CH-]2)c(C)c1SC1=CC=[C+]C=C1.[Br-].[Br-].[Pd].[Pd]. The van der Waals surface area contributed by atoms with Crippen molar-refractivity contribution in [1.29, 1.82) is 0 Å². The van der Waals surface area contributed by atoms with Gasteiger partial charge >= 0.3 is 0 Å². The Bertz CT molecular complexity index is 831. The first-order valence-electron chi connectivity index (χ1n) is 7.54. The summed E-state index contributed by atoms with van der Waals surface area (Å²) in [6.45, 7) is 6.63. The van der Waals surface area contributed by atoms with Gasteiger partial charge in [0.05, 0.1) is 12.2 Å². The van der Waals surface area contributed by atoms with E-state index in [0.717, 1.165) is 0 Å². The minimum Gasteiger partial charge on any atom is -1.00 e. The van der Waals surface area contributed by atoms with E-state index in [4.69, 9.17) is 0 Å². The predicted octanol–water partition coefficient (Wildman–Crippen LogP) is 0.425. The number of benzene rings is 1. The molecule has 0 saturated carbocycles. The molecule has 0 fully saturated rings. The molecule has 3 rings (SSSR count). The second-order valence-electron chi connectivity index (χ2n) is 5.47. The van der Waals surface area contributed by atoms with E-state index in [1.165, 1.54) is 36.3 Å². The number of thioether (sulfide) groups is 2. The quantitative estimate of drug-likeness (QED) is 0.253. The van der Waals surface area contributed by atoms with E-state index >= 15 is 0 Å². The molecule has 0 aliphatic heterocycles. The molecular formula is C21H18Br2Pd2S2-2. The van der Waals surface area contributed by atoms with Crippen molar-refractivity contribution in [2.45, 2.75) is 30.6 Å². The maximum atomic E-state index is 3.08. The zero-order valence-corrected chi connectivity index (χ0v) is 22.8. The van der Waals surface area contributed by atoms with Crippen molar-refractivity contribution in [2.75, 3.05) is 0 Å². The van der Waals surface area contributed by atoms with Crippen molar-refractivity contribution in [3.8, 4) is 0 Å². The second kappa shape index (κ2) is 14.4. The molecule has 0 nitrogen and oxygen atoms in total. The number of allylic oxidation sites excluding steroid dienone is 8. The Hall–Kier alpha value is 0.465. The van der Waals surface area contributed by atoms with Gasteiger partial charge in [-0.3, -0.25) is 5.73 Å². The van der Waals surface area contributed by atoms with E-state index in [1.54, 1.807) is 0 Å². The predicted molar refractivity (Wildman–Crippen MR) is 102 cm³/mol. The Morgan fingerprint density at radius 1 is 0.963 bits per heavy atom. The van der Waals surface area contributed by atoms with Gasteiger partial charge in [-0.1, -0.05) is 22.7 Å². The molecule has 1 aromatic carbocycles. The normalized spacial score (nSPS) is 12.9. The van der Waals surface area contributed by atoms with Gasteiger partial charge < -0.3 is 34.0 Å². The fourth-order valence-electron chi connectivity index (χ4n) is 2.58. The van der Waals surface area contributed by atoms with E-state index in [2.05, 4.69) is 63.3 Å². The van der Waals surface area contributed by atoms with Crippen LogP contribution in [-0.4, -0.2) is 0 Å².